The molecule has 0 N–H and O–H groups in total. The zero-order valence-corrected chi connectivity index (χ0v) is 16.7. The maximum Gasteiger partial charge on any atom is 0.314 e. The number of benzene rings is 1. The molecule has 0 fully saturated rings. The van der Waals surface area contributed by atoms with Crippen LogP contribution < -0.4 is 4.31 Å². The Balaban J connectivity index is 1.82. The summed E-state index contributed by atoms with van der Waals surface area (Å²) in [4.78, 5) is 4.31. The predicted molar refractivity (Wildman–Crippen MR) is 104 cm³/mol. The first-order chi connectivity index (χ1) is 13.4. The van der Waals surface area contributed by atoms with Gasteiger partial charge in [-0.2, -0.15) is 8.78 Å². The molecule has 1 atom stereocenters. The first kappa shape index (κ1) is 20.3. The Kier molecular flexibility index (Phi) is 6.35. The minimum atomic E-state index is -2.83. The zero-order valence-electron chi connectivity index (χ0n) is 15.1. The van der Waals surface area contributed by atoms with Crippen molar-refractivity contribution in [2.75, 3.05) is 10.1 Å². The van der Waals surface area contributed by atoms with Crippen molar-refractivity contribution in [2.24, 2.45) is 0 Å². The van der Waals surface area contributed by atoms with Crippen LogP contribution in [-0.2, 0) is 17.5 Å². The topological polar surface area (TPSA) is 72.1 Å². The number of rotatable bonds is 7. The molecule has 0 saturated carbocycles. The van der Waals surface area contributed by atoms with Crippen molar-refractivity contribution in [1.82, 2.24) is 15.2 Å². The number of nitrogens with zero attached hydrogens (tertiary/aromatic N) is 4. The van der Waals surface area contributed by atoms with Crippen LogP contribution in [0.1, 0.15) is 30.5 Å². The molecule has 3 aromatic rings. The Bertz CT molecular complexity index is 982. The minimum Gasteiger partial charge on any atom is -0.415 e. The van der Waals surface area contributed by atoms with E-state index in [9.17, 15) is 13.0 Å². The molecule has 2 aromatic heterocycles. The quantitative estimate of drug-likeness (QED) is 0.546. The van der Waals surface area contributed by atoms with Crippen molar-refractivity contribution in [2.45, 2.75) is 26.8 Å². The molecular formula is C18H17ClF2N4O2S. The van der Waals surface area contributed by atoms with E-state index in [1.807, 2.05) is 26.0 Å². The Labute approximate surface area is 168 Å². The molecule has 6 nitrogen and oxygen atoms in total. The number of anilines is 1. The molecule has 0 aliphatic rings. The van der Waals surface area contributed by atoms with E-state index < -0.39 is 23.3 Å². The third-order valence-electron chi connectivity index (χ3n) is 3.93. The fourth-order valence-electron chi connectivity index (χ4n) is 2.45. The van der Waals surface area contributed by atoms with Gasteiger partial charge in [-0.3, -0.25) is 9.29 Å². The summed E-state index contributed by atoms with van der Waals surface area (Å²) in [5.41, 5.74) is 2.72. The molecule has 0 amide bonds. The Hall–Kier alpha value is -2.39. The summed E-state index contributed by atoms with van der Waals surface area (Å²) in [5, 5.41) is 7.53. The van der Waals surface area contributed by atoms with E-state index in [4.69, 9.17) is 16.0 Å². The van der Waals surface area contributed by atoms with Crippen molar-refractivity contribution >= 4 is 28.3 Å². The van der Waals surface area contributed by atoms with E-state index in [1.54, 1.807) is 22.5 Å². The van der Waals surface area contributed by atoms with Gasteiger partial charge in [0.25, 0.3) is 5.89 Å². The van der Waals surface area contributed by atoms with Gasteiger partial charge in [0, 0.05) is 17.0 Å². The first-order valence-corrected chi connectivity index (χ1v) is 10.0. The summed E-state index contributed by atoms with van der Waals surface area (Å²) in [7, 11) is -1.25. The molecule has 0 aliphatic heterocycles. The summed E-state index contributed by atoms with van der Waals surface area (Å²) < 4.78 is 44.3. The van der Waals surface area contributed by atoms with Crippen molar-refractivity contribution < 1.29 is 17.4 Å². The van der Waals surface area contributed by atoms with Gasteiger partial charge < -0.3 is 4.42 Å². The number of alkyl halides is 2. The Morgan fingerprint density at radius 3 is 2.61 bits per heavy atom. The maximum absolute atomic E-state index is 12.6. The fourth-order valence-corrected chi connectivity index (χ4v) is 3.51. The number of aromatic nitrogens is 3. The van der Waals surface area contributed by atoms with Crippen LogP contribution in [0.3, 0.4) is 0 Å². The molecule has 1 aromatic carbocycles. The Morgan fingerprint density at radius 1 is 1.25 bits per heavy atom. The standard InChI is InChI=1S/C18H17ClF2N4O2S/c1-3-28(26)25(14-6-7-15(19)11(2)8-14)10-13-5-4-12(9-22-13)17-23-24-18(27-17)16(20)21/h4-9,16H,3,10H2,1-2H3. The second-order valence-electron chi connectivity index (χ2n) is 5.86. The van der Waals surface area contributed by atoms with Crippen molar-refractivity contribution in [3.8, 4) is 11.5 Å². The molecule has 0 aliphatic carbocycles. The largest absolute Gasteiger partial charge is 0.415 e. The minimum absolute atomic E-state index is 0.0309. The summed E-state index contributed by atoms with van der Waals surface area (Å²) in [6.45, 7) is 4.01. The van der Waals surface area contributed by atoms with Gasteiger partial charge in [-0.05, 0) is 42.8 Å². The van der Waals surface area contributed by atoms with Crippen molar-refractivity contribution in [1.29, 1.82) is 0 Å². The molecule has 0 radical (unpaired) electrons. The maximum atomic E-state index is 12.6. The average Bonchev–Trinajstić information content (AvgIpc) is 3.19. The predicted octanol–water partition coefficient (Wildman–Crippen LogP) is 4.72. The van der Waals surface area contributed by atoms with Crippen molar-refractivity contribution in [3.63, 3.8) is 0 Å². The highest BCUT2D eigenvalue weighted by atomic mass is 35.5. The van der Waals surface area contributed by atoms with Crippen LogP contribution in [0, 0.1) is 6.92 Å². The SMILES string of the molecule is CCS(=O)N(Cc1ccc(-c2nnc(C(F)F)o2)cn1)c1ccc(Cl)c(C)c1. The van der Waals surface area contributed by atoms with Gasteiger partial charge in [0.1, 0.15) is 11.0 Å². The lowest BCUT2D eigenvalue weighted by Crippen LogP contribution is -2.27. The third-order valence-corrected chi connectivity index (χ3v) is 5.68. The van der Waals surface area contributed by atoms with Gasteiger partial charge in [-0.25, -0.2) is 4.21 Å². The summed E-state index contributed by atoms with van der Waals surface area (Å²) in [6.07, 6.45) is -1.37. The van der Waals surface area contributed by atoms with Gasteiger partial charge in [0.05, 0.1) is 23.5 Å². The van der Waals surface area contributed by atoms with E-state index in [0.29, 0.717) is 28.6 Å². The number of hydrogen-bond donors (Lipinski definition) is 0. The van der Waals surface area contributed by atoms with E-state index >= 15 is 0 Å². The molecule has 0 bridgehead atoms. The number of pyridine rings is 1. The summed E-state index contributed by atoms with van der Waals surface area (Å²) >= 11 is 6.08. The van der Waals surface area contributed by atoms with Crippen LogP contribution in [0.5, 0.6) is 0 Å². The number of aryl methyl sites for hydroxylation is 1. The second kappa shape index (κ2) is 8.74. The Morgan fingerprint density at radius 2 is 2.04 bits per heavy atom. The van der Waals surface area contributed by atoms with Gasteiger partial charge >= 0.3 is 6.43 Å². The smallest absolute Gasteiger partial charge is 0.314 e. The molecule has 0 spiro atoms. The number of hydrogen-bond acceptors (Lipinski definition) is 5. The van der Waals surface area contributed by atoms with E-state index in [2.05, 4.69) is 15.2 Å². The molecule has 10 heteroatoms. The molecular weight excluding hydrogens is 410 g/mol. The van der Waals surface area contributed by atoms with Gasteiger partial charge in [0.2, 0.25) is 5.89 Å². The van der Waals surface area contributed by atoms with Crippen LogP contribution in [-0.4, -0.2) is 25.1 Å². The molecule has 148 valence electrons. The highest BCUT2D eigenvalue weighted by Gasteiger charge is 2.18. The second-order valence-corrected chi connectivity index (χ2v) is 7.93. The van der Waals surface area contributed by atoms with Crippen LogP contribution >= 0.6 is 11.6 Å². The van der Waals surface area contributed by atoms with Crippen LogP contribution in [0.15, 0.2) is 40.9 Å². The molecule has 0 saturated heterocycles. The van der Waals surface area contributed by atoms with Gasteiger partial charge in [-0.1, -0.05) is 18.5 Å². The lowest BCUT2D eigenvalue weighted by molar-refractivity contribution is 0.116. The molecule has 28 heavy (non-hydrogen) atoms. The summed E-state index contributed by atoms with van der Waals surface area (Å²) in [6, 6.07) is 8.78. The van der Waals surface area contributed by atoms with E-state index in [-0.39, 0.29) is 5.89 Å². The normalized spacial score (nSPS) is 12.4. The van der Waals surface area contributed by atoms with E-state index in [1.165, 1.54) is 6.20 Å². The van der Waals surface area contributed by atoms with E-state index in [0.717, 1.165) is 11.3 Å². The molecule has 1 unspecified atom stereocenters. The average molecular weight is 427 g/mol. The van der Waals surface area contributed by atoms with Gasteiger partial charge in [-0.15, -0.1) is 10.2 Å². The summed E-state index contributed by atoms with van der Waals surface area (Å²) in [5.74, 6) is -0.323. The highest BCUT2D eigenvalue weighted by molar-refractivity contribution is 7.86. The van der Waals surface area contributed by atoms with Crippen molar-refractivity contribution in [3.05, 3.63) is 58.7 Å². The number of halogens is 3. The lowest BCUT2D eigenvalue weighted by atomic mass is 10.2. The zero-order chi connectivity index (χ0) is 20.3. The monoisotopic (exact) mass is 426 g/mol. The highest BCUT2D eigenvalue weighted by Crippen LogP contribution is 2.26. The van der Waals surface area contributed by atoms with Crippen LogP contribution in [0.25, 0.3) is 11.5 Å². The molecule has 2 heterocycles. The fraction of sp³-hybridized carbons (Fsp3) is 0.278. The third kappa shape index (κ3) is 4.53. The van der Waals surface area contributed by atoms with Crippen LogP contribution in [0.4, 0.5) is 14.5 Å². The first-order valence-electron chi connectivity index (χ1n) is 8.38. The molecule has 3 rings (SSSR count). The lowest BCUT2D eigenvalue weighted by Gasteiger charge is -2.23. The van der Waals surface area contributed by atoms with Crippen LogP contribution in [0.2, 0.25) is 5.02 Å². The van der Waals surface area contributed by atoms with Gasteiger partial charge in [0.15, 0.2) is 0 Å².